The van der Waals surface area contributed by atoms with E-state index in [-0.39, 0.29) is 6.03 Å². The van der Waals surface area contributed by atoms with Crippen molar-refractivity contribution in [1.29, 1.82) is 0 Å². The molecule has 2 aromatic rings. The summed E-state index contributed by atoms with van der Waals surface area (Å²) < 4.78 is 0. The van der Waals surface area contributed by atoms with Crippen LogP contribution in [0.5, 0.6) is 0 Å². The lowest BCUT2D eigenvalue weighted by Gasteiger charge is -2.16. The molecule has 0 unspecified atom stereocenters. The Kier molecular flexibility index (Phi) is 4.53. The molecule has 1 saturated heterocycles. The van der Waals surface area contributed by atoms with Crippen LogP contribution in [0.1, 0.15) is 23.5 Å². The molecule has 1 aliphatic heterocycles. The standard InChI is InChI=1S/C15H19N5OS/c1-11-10-22-14(18-11)9-17-15(21)19-12-4-5-13(16-8-12)20-6-2-3-7-20/h4-5,8,10H,2-3,6-7,9H2,1H3,(H2,17,19,21). The molecule has 7 heteroatoms. The van der Waals surface area contributed by atoms with Crippen LogP contribution in [-0.4, -0.2) is 29.1 Å². The van der Waals surface area contributed by atoms with Gasteiger partial charge >= 0.3 is 6.03 Å². The van der Waals surface area contributed by atoms with Gasteiger partial charge in [-0.05, 0) is 31.9 Å². The molecule has 2 amide bonds. The van der Waals surface area contributed by atoms with E-state index in [4.69, 9.17) is 0 Å². The Labute approximate surface area is 133 Å². The zero-order valence-corrected chi connectivity index (χ0v) is 13.3. The van der Waals surface area contributed by atoms with E-state index in [1.165, 1.54) is 12.8 Å². The number of hydrogen-bond acceptors (Lipinski definition) is 5. The molecular weight excluding hydrogens is 298 g/mol. The summed E-state index contributed by atoms with van der Waals surface area (Å²) >= 11 is 1.54. The highest BCUT2D eigenvalue weighted by molar-refractivity contribution is 7.09. The van der Waals surface area contributed by atoms with Gasteiger partial charge in [-0.1, -0.05) is 0 Å². The van der Waals surface area contributed by atoms with E-state index in [0.717, 1.165) is 29.6 Å². The van der Waals surface area contributed by atoms with Crippen molar-refractivity contribution in [3.63, 3.8) is 0 Å². The number of carbonyl (C=O) groups is 1. The van der Waals surface area contributed by atoms with Crippen LogP contribution in [0.25, 0.3) is 0 Å². The first-order chi connectivity index (χ1) is 10.7. The zero-order valence-electron chi connectivity index (χ0n) is 12.5. The third kappa shape index (κ3) is 3.73. The molecule has 0 bridgehead atoms. The molecular formula is C15H19N5OS. The van der Waals surface area contributed by atoms with Gasteiger partial charge in [-0.2, -0.15) is 0 Å². The van der Waals surface area contributed by atoms with E-state index in [0.29, 0.717) is 12.2 Å². The Bertz CT molecular complexity index is 634. The lowest BCUT2D eigenvalue weighted by molar-refractivity contribution is 0.251. The minimum absolute atomic E-state index is 0.247. The number of urea groups is 1. The van der Waals surface area contributed by atoms with Crippen molar-refractivity contribution in [3.05, 3.63) is 34.4 Å². The summed E-state index contributed by atoms with van der Waals surface area (Å²) in [6, 6.07) is 3.59. The molecule has 3 rings (SSSR count). The lowest BCUT2D eigenvalue weighted by atomic mass is 10.4. The molecule has 3 heterocycles. The van der Waals surface area contributed by atoms with Crippen LogP contribution in [0, 0.1) is 6.92 Å². The van der Waals surface area contributed by atoms with E-state index >= 15 is 0 Å². The third-order valence-corrected chi connectivity index (χ3v) is 4.47. The summed E-state index contributed by atoms with van der Waals surface area (Å²) in [5.74, 6) is 0.974. The highest BCUT2D eigenvalue weighted by atomic mass is 32.1. The number of anilines is 2. The largest absolute Gasteiger partial charge is 0.357 e. The molecule has 0 aromatic carbocycles. The maximum atomic E-state index is 11.9. The maximum Gasteiger partial charge on any atom is 0.319 e. The minimum Gasteiger partial charge on any atom is -0.357 e. The SMILES string of the molecule is Cc1csc(CNC(=O)Nc2ccc(N3CCCC3)nc2)n1. The topological polar surface area (TPSA) is 70.2 Å². The smallest absolute Gasteiger partial charge is 0.319 e. The number of nitrogens with one attached hydrogen (secondary N) is 2. The average molecular weight is 317 g/mol. The monoisotopic (exact) mass is 317 g/mol. The van der Waals surface area contributed by atoms with Gasteiger partial charge in [0, 0.05) is 24.2 Å². The second-order valence-corrected chi connectivity index (χ2v) is 6.23. The Morgan fingerprint density at radius 3 is 2.82 bits per heavy atom. The molecule has 0 atom stereocenters. The van der Waals surface area contributed by atoms with E-state index < -0.39 is 0 Å². The number of aromatic nitrogens is 2. The molecule has 0 radical (unpaired) electrons. The summed E-state index contributed by atoms with van der Waals surface area (Å²) in [7, 11) is 0. The maximum absolute atomic E-state index is 11.9. The first-order valence-corrected chi connectivity index (χ1v) is 8.25. The molecule has 22 heavy (non-hydrogen) atoms. The number of pyridine rings is 1. The predicted octanol–water partition coefficient (Wildman–Crippen LogP) is 2.77. The number of amides is 2. The van der Waals surface area contributed by atoms with E-state index in [1.54, 1.807) is 17.5 Å². The fourth-order valence-electron chi connectivity index (χ4n) is 2.41. The zero-order chi connectivity index (χ0) is 15.4. The van der Waals surface area contributed by atoms with Crippen LogP contribution in [0.3, 0.4) is 0 Å². The molecule has 2 N–H and O–H groups in total. The van der Waals surface area contributed by atoms with Crippen molar-refractivity contribution in [2.24, 2.45) is 0 Å². The molecule has 2 aromatic heterocycles. The van der Waals surface area contributed by atoms with Crippen molar-refractivity contribution < 1.29 is 4.79 Å². The molecule has 0 aliphatic carbocycles. The van der Waals surface area contributed by atoms with Gasteiger partial charge in [0.05, 0.1) is 18.4 Å². The van der Waals surface area contributed by atoms with Gasteiger partial charge in [0.25, 0.3) is 0 Å². The van der Waals surface area contributed by atoms with Gasteiger partial charge in [-0.25, -0.2) is 14.8 Å². The Morgan fingerprint density at radius 2 is 2.18 bits per heavy atom. The van der Waals surface area contributed by atoms with E-state index in [1.807, 2.05) is 24.4 Å². The molecule has 0 spiro atoms. The van der Waals surface area contributed by atoms with Gasteiger partial charge in [0.2, 0.25) is 0 Å². The minimum atomic E-state index is -0.247. The summed E-state index contributed by atoms with van der Waals surface area (Å²) in [5, 5.41) is 8.44. The molecule has 6 nitrogen and oxygen atoms in total. The molecule has 116 valence electrons. The van der Waals surface area contributed by atoms with Crippen LogP contribution >= 0.6 is 11.3 Å². The van der Waals surface area contributed by atoms with Crippen LogP contribution in [0.4, 0.5) is 16.3 Å². The van der Waals surface area contributed by atoms with Crippen molar-refractivity contribution in [2.75, 3.05) is 23.3 Å². The van der Waals surface area contributed by atoms with E-state index in [9.17, 15) is 4.79 Å². The number of hydrogen-bond donors (Lipinski definition) is 2. The van der Waals surface area contributed by atoms with Crippen molar-refractivity contribution in [2.45, 2.75) is 26.3 Å². The Hall–Kier alpha value is -2.15. The van der Waals surface area contributed by atoms with Crippen molar-refractivity contribution >= 4 is 28.9 Å². The Balaban J connectivity index is 1.50. The second kappa shape index (κ2) is 6.74. The van der Waals surface area contributed by atoms with Crippen molar-refractivity contribution in [1.82, 2.24) is 15.3 Å². The summed E-state index contributed by atoms with van der Waals surface area (Å²) in [6.45, 7) is 4.50. The molecule has 0 saturated carbocycles. The quantitative estimate of drug-likeness (QED) is 0.909. The summed E-state index contributed by atoms with van der Waals surface area (Å²) in [5.41, 5.74) is 1.67. The van der Waals surface area contributed by atoms with Gasteiger partial charge < -0.3 is 15.5 Å². The van der Waals surface area contributed by atoms with Crippen LogP contribution in [0.15, 0.2) is 23.7 Å². The predicted molar refractivity (Wildman–Crippen MR) is 88.4 cm³/mol. The highest BCUT2D eigenvalue weighted by Gasteiger charge is 2.13. The normalized spacial score (nSPS) is 14.1. The summed E-state index contributed by atoms with van der Waals surface area (Å²) in [6.07, 6.45) is 4.14. The van der Waals surface area contributed by atoms with Gasteiger partial charge in [0.1, 0.15) is 10.8 Å². The van der Waals surface area contributed by atoms with Gasteiger partial charge in [-0.15, -0.1) is 11.3 Å². The average Bonchev–Trinajstić information content (AvgIpc) is 3.17. The fraction of sp³-hybridized carbons (Fsp3) is 0.400. The molecule has 1 aliphatic rings. The summed E-state index contributed by atoms with van der Waals surface area (Å²) in [4.78, 5) is 22.8. The fourth-order valence-corrected chi connectivity index (χ4v) is 3.12. The number of nitrogens with zero attached hydrogens (tertiary/aromatic N) is 3. The van der Waals surface area contributed by atoms with Crippen LogP contribution < -0.4 is 15.5 Å². The van der Waals surface area contributed by atoms with Crippen LogP contribution in [-0.2, 0) is 6.54 Å². The van der Waals surface area contributed by atoms with Crippen molar-refractivity contribution in [3.8, 4) is 0 Å². The number of aryl methyl sites for hydroxylation is 1. The van der Waals surface area contributed by atoms with Crippen LogP contribution in [0.2, 0.25) is 0 Å². The van der Waals surface area contributed by atoms with Gasteiger partial charge in [0.15, 0.2) is 0 Å². The number of carbonyl (C=O) groups excluding carboxylic acids is 1. The first kappa shape index (κ1) is 14.8. The number of thiazole rings is 1. The number of rotatable bonds is 4. The third-order valence-electron chi connectivity index (χ3n) is 3.50. The highest BCUT2D eigenvalue weighted by Crippen LogP contribution is 2.19. The second-order valence-electron chi connectivity index (χ2n) is 5.29. The van der Waals surface area contributed by atoms with E-state index in [2.05, 4.69) is 25.5 Å². The molecule has 1 fully saturated rings. The Morgan fingerprint density at radius 1 is 1.36 bits per heavy atom. The van der Waals surface area contributed by atoms with Gasteiger partial charge in [-0.3, -0.25) is 0 Å². The first-order valence-electron chi connectivity index (χ1n) is 7.37. The lowest BCUT2D eigenvalue weighted by Crippen LogP contribution is -2.28.